The predicted molar refractivity (Wildman–Crippen MR) is 89.1 cm³/mol. The molecule has 1 atom stereocenters. The number of fused-ring (bicyclic) bond motifs is 1. The molecule has 3 rings (SSSR count). The summed E-state index contributed by atoms with van der Waals surface area (Å²) in [4.78, 5) is 20.6. The highest BCUT2D eigenvalue weighted by Crippen LogP contribution is 2.20. The van der Waals surface area contributed by atoms with Gasteiger partial charge in [-0.15, -0.1) is 11.8 Å². The lowest BCUT2D eigenvalue weighted by atomic mass is 10.1. The summed E-state index contributed by atoms with van der Waals surface area (Å²) >= 11 is 1.62. The van der Waals surface area contributed by atoms with Crippen molar-refractivity contribution in [1.82, 2.24) is 9.97 Å². The Bertz CT molecular complexity index is 639. The Labute approximate surface area is 133 Å². The predicted octanol–water partition coefficient (Wildman–Crippen LogP) is 2.87. The number of aromatic nitrogens is 2. The number of amides is 1. The van der Waals surface area contributed by atoms with E-state index in [-0.39, 0.29) is 5.91 Å². The van der Waals surface area contributed by atoms with Gasteiger partial charge >= 0.3 is 0 Å². The van der Waals surface area contributed by atoms with Gasteiger partial charge in [-0.3, -0.25) is 14.8 Å². The molecule has 0 spiro atoms. The first-order valence-electron chi connectivity index (χ1n) is 7.52. The van der Waals surface area contributed by atoms with Gasteiger partial charge in [0.25, 0.3) is 0 Å². The van der Waals surface area contributed by atoms with Gasteiger partial charge in [0.1, 0.15) is 5.52 Å². The number of carbonyl (C=O) groups excluding carboxylic acids is 1. The number of hydrogen-bond donors (Lipinski definition) is 1. The zero-order valence-corrected chi connectivity index (χ0v) is 13.1. The molecule has 22 heavy (non-hydrogen) atoms. The Kier molecular flexibility index (Phi) is 5.24. The number of pyridine rings is 2. The third-order valence-electron chi connectivity index (χ3n) is 3.58. The van der Waals surface area contributed by atoms with Crippen molar-refractivity contribution >= 4 is 34.4 Å². The lowest BCUT2D eigenvalue weighted by Crippen LogP contribution is -2.23. The first-order chi connectivity index (χ1) is 10.8. The van der Waals surface area contributed by atoms with E-state index in [1.165, 1.54) is 6.42 Å². The van der Waals surface area contributed by atoms with E-state index in [0.29, 0.717) is 17.5 Å². The zero-order chi connectivity index (χ0) is 15.2. The number of carbonyl (C=O) groups is 1. The van der Waals surface area contributed by atoms with E-state index in [1.807, 2.05) is 12.1 Å². The topological polar surface area (TPSA) is 64.1 Å². The number of hydrogen-bond acceptors (Lipinski definition) is 5. The van der Waals surface area contributed by atoms with Gasteiger partial charge in [-0.25, -0.2) is 0 Å². The Morgan fingerprint density at radius 1 is 1.32 bits per heavy atom. The summed E-state index contributed by atoms with van der Waals surface area (Å²) in [6, 6.07) is 5.50. The molecule has 0 bridgehead atoms. The summed E-state index contributed by atoms with van der Waals surface area (Å²) in [5.74, 6) is 1.29. The van der Waals surface area contributed by atoms with Gasteiger partial charge in [-0.2, -0.15) is 0 Å². The second-order valence-corrected chi connectivity index (χ2v) is 6.31. The van der Waals surface area contributed by atoms with E-state index < -0.39 is 0 Å². The first-order valence-corrected chi connectivity index (χ1v) is 8.67. The van der Waals surface area contributed by atoms with Gasteiger partial charge in [0.15, 0.2) is 0 Å². The third kappa shape index (κ3) is 3.96. The van der Waals surface area contributed by atoms with Gasteiger partial charge in [-0.1, -0.05) is 0 Å². The van der Waals surface area contributed by atoms with Crippen LogP contribution in [0.2, 0.25) is 0 Å². The molecule has 1 aliphatic heterocycles. The molecule has 1 aliphatic rings. The van der Waals surface area contributed by atoms with E-state index in [0.717, 1.165) is 36.2 Å². The molecule has 1 N–H and O–H groups in total. The molecule has 6 heteroatoms. The molecule has 1 unspecified atom stereocenters. The maximum atomic E-state index is 12.1. The van der Waals surface area contributed by atoms with E-state index in [1.54, 1.807) is 30.2 Å². The van der Waals surface area contributed by atoms with Crippen molar-refractivity contribution in [2.24, 2.45) is 0 Å². The highest BCUT2D eigenvalue weighted by molar-refractivity contribution is 8.00. The smallest absolute Gasteiger partial charge is 0.234 e. The van der Waals surface area contributed by atoms with Crippen molar-refractivity contribution in [2.75, 3.05) is 23.4 Å². The highest BCUT2D eigenvalue weighted by atomic mass is 32.2. The average Bonchev–Trinajstić information content (AvgIpc) is 2.56. The number of ether oxygens (including phenoxy) is 1. The lowest BCUT2D eigenvalue weighted by molar-refractivity contribution is -0.113. The summed E-state index contributed by atoms with van der Waals surface area (Å²) in [7, 11) is 0. The van der Waals surface area contributed by atoms with Crippen LogP contribution in [0.25, 0.3) is 11.0 Å². The first kappa shape index (κ1) is 15.2. The molecule has 2 aromatic heterocycles. The molecule has 3 heterocycles. The van der Waals surface area contributed by atoms with Crippen molar-refractivity contribution in [3.8, 4) is 0 Å². The lowest BCUT2D eigenvalue weighted by Gasteiger charge is -2.21. The van der Waals surface area contributed by atoms with Crippen LogP contribution in [0.15, 0.2) is 30.6 Å². The Morgan fingerprint density at radius 3 is 3.14 bits per heavy atom. The SMILES string of the molecule is O=C(CSCC1CCCCO1)Nc1ccnc2cccnc12. The fourth-order valence-corrected chi connectivity index (χ4v) is 3.39. The zero-order valence-electron chi connectivity index (χ0n) is 12.3. The van der Waals surface area contributed by atoms with Crippen LogP contribution in [-0.4, -0.2) is 40.1 Å². The largest absolute Gasteiger partial charge is 0.377 e. The molecule has 1 fully saturated rings. The highest BCUT2D eigenvalue weighted by Gasteiger charge is 2.14. The van der Waals surface area contributed by atoms with E-state index in [4.69, 9.17) is 4.74 Å². The second kappa shape index (κ2) is 7.56. The summed E-state index contributed by atoms with van der Waals surface area (Å²) in [6.45, 7) is 0.853. The van der Waals surface area contributed by atoms with Crippen molar-refractivity contribution in [2.45, 2.75) is 25.4 Å². The van der Waals surface area contributed by atoms with Gasteiger partial charge < -0.3 is 10.1 Å². The minimum absolute atomic E-state index is 0.0148. The Morgan fingerprint density at radius 2 is 2.27 bits per heavy atom. The van der Waals surface area contributed by atoms with Crippen LogP contribution < -0.4 is 5.32 Å². The van der Waals surface area contributed by atoms with Crippen molar-refractivity contribution < 1.29 is 9.53 Å². The second-order valence-electron chi connectivity index (χ2n) is 5.28. The number of nitrogens with zero attached hydrogens (tertiary/aromatic N) is 2. The van der Waals surface area contributed by atoms with Crippen LogP contribution in [0.1, 0.15) is 19.3 Å². The number of rotatable bonds is 5. The standard InChI is InChI=1S/C16H19N3O2S/c20-15(11-22-10-12-4-1-2-9-21-12)19-14-6-8-17-13-5-3-7-18-16(13)14/h3,5-8,12H,1-2,4,9-11H2,(H,17,19,20). The summed E-state index contributed by atoms with van der Waals surface area (Å²) in [5, 5.41) is 2.92. The number of thioether (sulfide) groups is 1. The minimum Gasteiger partial charge on any atom is -0.377 e. The fraction of sp³-hybridized carbons (Fsp3) is 0.438. The van der Waals surface area contributed by atoms with E-state index >= 15 is 0 Å². The molecule has 116 valence electrons. The van der Waals surface area contributed by atoms with Gasteiger partial charge in [-0.05, 0) is 37.5 Å². The molecule has 0 aliphatic carbocycles. The Hall–Kier alpha value is -1.66. The number of anilines is 1. The van der Waals surface area contributed by atoms with Crippen LogP contribution in [0.5, 0.6) is 0 Å². The molecular formula is C16H19N3O2S. The summed E-state index contributed by atoms with van der Waals surface area (Å²) in [6.07, 6.45) is 7.18. The molecular weight excluding hydrogens is 298 g/mol. The molecule has 0 radical (unpaired) electrons. The van der Waals surface area contributed by atoms with Crippen LogP contribution in [0.3, 0.4) is 0 Å². The van der Waals surface area contributed by atoms with Crippen LogP contribution in [0, 0.1) is 0 Å². The van der Waals surface area contributed by atoms with Crippen molar-refractivity contribution in [1.29, 1.82) is 0 Å². The monoisotopic (exact) mass is 317 g/mol. The molecule has 0 aromatic carbocycles. The third-order valence-corrected chi connectivity index (χ3v) is 4.66. The molecule has 0 saturated carbocycles. The molecule has 1 saturated heterocycles. The van der Waals surface area contributed by atoms with Crippen LogP contribution >= 0.6 is 11.8 Å². The van der Waals surface area contributed by atoms with Crippen LogP contribution in [-0.2, 0) is 9.53 Å². The summed E-state index contributed by atoms with van der Waals surface area (Å²) in [5.41, 5.74) is 2.22. The Balaban J connectivity index is 1.52. The molecule has 2 aromatic rings. The quantitative estimate of drug-likeness (QED) is 0.918. The van der Waals surface area contributed by atoms with E-state index in [2.05, 4.69) is 15.3 Å². The number of nitrogens with one attached hydrogen (secondary N) is 1. The van der Waals surface area contributed by atoms with Crippen molar-refractivity contribution in [3.63, 3.8) is 0 Å². The van der Waals surface area contributed by atoms with Gasteiger partial charge in [0, 0.05) is 24.8 Å². The minimum atomic E-state index is -0.0148. The van der Waals surface area contributed by atoms with Crippen molar-refractivity contribution in [3.05, 3.63) is 30.6 Å². The molecule has 5 nitrogen and oxygen atoms in total. The van der Waals surface area contributed by atoms with Crippen LogP contribution in [0.4, 0.5) is 5.69 Å². The fourth-order valence-electron chi connectivity index (χ4n) is 2.49. The van der Waals surface area contributed by atoms with Gasteiger partial charge in [0.05, 0.1) is 23.1 Å². The molecule has 1 amide bonds. The van der Waals surface area contributed by atoms with Gasteiger partial charge in [0.2, 0.25) is 5.91 Å². The maximum absolute atomic E-state index is 12.1. The normalized spacial score (nSPS) is 18.3. The summed E-state index contributed by atoms with van der Waals surface area (Å²) < 4.78 is 5.66. The van der Waals surface area contributed by atoms with E-state index in [9.17, 15) is 4.79 Å². The average molecular weight is 317 g/mol. The maximum Gasteiger partial charge on any atom is 0.234 e.